The number of hydrogen-bond donors (Lipinski definition) is 1. The minimum Gasteiger partial charge on any atom is -0.490 e. The predicted octanol–water partition coefficient (Wildman–Crippen LogP) is 2.18. The summed E-state index contributed by atoms with van der Waals surface area (Å²) in [4.78, 5) is 21.4. The quantitative estimate of drug-likeness (QED) is 0.628. The molecule has 17 heavy (non-hydrogen) atoms. The van der Waals surface area contributed by atoms with Crippen molar-refractivity contribution in [1.82, 2.24) is 0 Å². The number of nitro groups is 1. The van der Waals surface area contributed by atoms with Crippen molar-refractivity contribution in [2.45, 2.75) is 19.3 Å². The Hall–Kier alpha value is -2.11. The molecule has 0 aliphatic rings. The number of benzene rings is 1. The van der Waals surface area contributed by atoms with Gasteiger partial charge < -0.3 is 9.84 Å². The fraction of sp³-hybridized carbons (Fsp3) is 0.364. The summed E-state index contributed by atoms with van der Waals surface area (Å²) in [6, 6.07) is 4.44. The second-order valence-electron chi connectivity index (χ2n) is 3.45. The van der Waals surface area contributed by atoms with E-state index in [2.05, 4.69) is 0 Å². The van der Waals surface area contributed by atoms with Crippen molar-refractivity contribution in [1.29, 1.82) is 0 Å². The third kappa shape index (κ3) is 2.52. The van der Waals surface area contributed by atoms with Crippen molar-refractivity contribution in [3.05, 3.63) is 33.9 Å². The fourth-order valence-electron chi connectivity index (χ4n) is 1.71. The number of aliphatic carboxylic acids is 1. The van der Waals surface area contributed by atoms with Gasteiger partial charge in [-0.15, -0.1) is 0 Å². The Labute approximate surface area is 98.0 Å². The van der Waals surface area contributed by atoms with Gasteiger partial charge in [-0.3, -0.25) is 14.9 Å². The maximum atomic E-state index is 11.0. The summed E-state index contributed by atoms with van der Waals surface area (Å²) in [5, 5.41) is 20.0. The number of para-hydroxylation sites is 1. The molecule has 0 radical (unpaired) electrons. The van der Waals surface area contributed by atoms with Crippen LogP contribution >= 0.6 is 0 Å². The third-order valence-electron chi connectivity index (χ3n) is 2.51. The van der Waals surface area contributed by atoms with E-state index >= 15 is 0 Å². The molecule has 92 valence electrons. The first-order chi connectivity index (χ1) is 8.02. The van der Waals surface area contributed by atoms with Crippen LogP contribution < -0.4 is 4.74 Å². The van der Waals surface area contributed by atoms with Crippen molar-refractivity contribution in [3.8, 4) is 5.75 Å². The molecule has 1 atom stereocenters. The standard InChI is InChI=1S/C11H13NO5/c1-3-7(11(13)14)8-5-4-6-9(17-2)10(8)12(15)16/h4-7H,3H2,1-2H3,(H,13,14). The van der Waals surface area contributed by atoms with Crippen LogP contribution in [0.4, 0.5) is 5.69 Å². The largest absolute Gasteiger partial charge is 0.490 e. The average Bonchev–Trinajstić information content (AvgIpc) is 2.28. The zero-order valence-corrected chi connectivity index (χ0v) is 9.54. The summed E-state index contributed by atoms with van der Waals surface area (Å²) in [6.07, 6.45) is 0.281. The number of carboxylic acids is 1. The first-order valence-electron chi connectivity index (χ1n) is 5.07. The Morgan fingerprint density at radius 1 is 1.59 bits per heavy atom. The predicted molar refractivity (Wildman–Crippen MR) is 60.3 cm³/mol. The molecule has 6 heteroatoms. The first kappa shape index (κ1) is 13.0. The van der Waals surface area contributed by atoms with Crippen LogP contribution in [0, 0.1) is 10.1 Å². The summed E-state index contributed by atoms with van der Waals surface area (Å²) in [5.41, 5.74) is -0.103. The highest BCUT2D eigenvalue weighted by molar-refractivity contribution is 5.78. The lowest BCUT2D eigenvalue weighted by Gasteiger charge is -2.12. The van der Waals surface area contributed by atoms with Gasteiger partial charge in [-0.05, 0) is 12.5 Å². The maximum absolute atomic E-state index is 11.0. The first-order valence-corrected chi connectivity index (χ1v) is 5.07. The molecule has 0 aliphatic carbocycles. The van der Waals surface area contributed by atoms with Crippen LogP contribution in [0.15, 0.2) is 18.2 Å². The molecule has 0 spiro atoms. The Morgan fingerprint density at radius 2 is 2.24 bits per heavy atom. The van der Waals surface area contributed by atoms with E-state index in [4.69, 9.17) is 9.84 Å². The number of nitrogens with zero attached hydrogens (tertiary/aromatic N) is 1. The fourth-order valence-corrected chi connectivity index (χ4v) is 1.71. The Bertz CT molecular complexity index is 443. The minimum absolute atomic E-state index is 0.0761. The SMILES string of the molecule is CCC(C(=O)O)c1cccc(OC)c1[N+](=O)[O-]. The van der Waals surface area contributed by atoms with Crippen LogP contribution in [-0.4, -0.2) is 23.1 Å². The molecule has 0 saturated heterocycles. The molecule has 0 bridgehead atoms. The summed E-state index contributed by atoms with van der Waals surface area (Å²) in [6.45, 7) is 1.67. The van der Waals surface area contributed by atoms with Gasteiger partial charge in [0.15, 0.2) is 5.75 Å². The van der Waals surface area contributed by atoms with Crippen molar-refractivity contribution >= 4 is 11.7 Å². The molecule has 0 aliphatic heterocycles. The Balaban J connectivity index is 3.41. The van der Waals surface area contributed by atoms with Gasteiger partial charge in [0, 0.05) is 5.56 Å². The number of nitro benzene ring substituents is 1. The van der Waals surface area contributed by atoms with Gasteiger partial charge in [0.05, 0.1) is 18.0 Å². The van der Waals surface area contributed by atoms with Crippen molar-refractivity contribution < 1.29 is 19.6 Å². The lowest BCUT2D eigenvalue weighted by molar-refractivity contribution is -0.386. The lowest BCUT2D eigenvalue weighted by Crippen LogP contribution is -2.13. The third-order valence-corrected chi connectivity index (χ3v) is 2.51. The number of rotatable bonds is 5. The van der Waals surface area contributed by atoms with E-state index in [0.29, 0.717) is 0 Å². The molecular weight excluding hydrogens is 226 g/mol. The molecule has 1 rings (SSSR count). The van der Waals surface area contributed by atoms with Crippen LogP contribution in [0.2, 0.25) is 0 Å². The van der Waals surface area contributed by atoms with Gasteiger partial charge in [0.1, 0.15) is 0 Å². The highest BCUT2D eigenvalue weighted by Gasteiger charge is 2.29. The number of methoxy groups -OCH3 is 1. The summed E-state index contributed by atoms with van der Waals surface area (Å²) >= 11 is 0. The number of carboxylic acid groups (broad SMARTS) is 1. The Kier molecular flexibility index (Phi) is 4.03. The van der Waals surface area contributed by atoms with E-state index in [0.717, 1.165) is 0 Å². The highest BCUT2D eigenvalue weighted by Crippen LogP contribution is 2.36. The van der Waals surface area contributed by atoms with Crippen molar-refractivity contribution in [3.63, 3.8) is 0 Å². The molecule has 1 unspecified atom stereocenters. The van der Waals surface area contributed by atoms with Crippen molar-refractivity contribution in [2.75, 3.05) is 7.11 Å². The molecule has 0 heterocycles. The van der Waals surface area contributed by atoms with Gasteiger partial charge >= 0.3 is 11.7 Å². The molecule has 0 saturated carbocycles. The van der Waals surface area contributed by atoms with E-state index in [-0.39, 0.29) is 23.4 Å². The molecule has 6 nitrogen and oxygen atoms in total. The van der Waals surface area contributed by atoms with Gasteiger partial charge in [0.25, 0.3) is 0 Å². The van der Waals surface area contributed by atoms with Gasteiger partial charge in [-0.2, -0.15) is 0 Å². The molecule has 1 N–H and O–H groups in total. The van der Waals surface area contributed by atoms with E-state index < -0.39 is 16.8 Å². The summed E-state index contributed by atoms with van der Waals surface area (Å²) in [7, 11) is 1.31. The van der Waals surface area contributed by atoms with Crippen LogP contribution in [0.1, 0.15) is 24.8 Å². The van der Waals surface area contributed by atoms with Crippen LogP contribution in [0.5, 0.6) is 5.75 Å². The number of ether oxygens (including phenoxy) is 1. The maximum Gasteiger partial charge on any atom is 0.314 e. The molecular formula is C11H13NO5. The summed E-state index contributed by atoms with van der Waals surface area (Å²) < 4.78 is 4.89. The van der Waals surface area contributed by atoms with E-state index in [1.54, 1.807) is 13.0 Å². The van der Waals surface area contributed by atoms with Crippen LogP contribution in [0.25, 0.3) is 0 Å². The second kappa shape index (κ2) is 5.29. The second-order valence-corrected chi connectivity index (χ2v) is 3.45. The number of hydrogen-bond acceptors (Lipinski definition) is 4. The van der Waals surface area contributed by atoms with E-state index in [1.807, 2.05) is 0 Å². The smallest absolute Gasteiger partial charge is 0.314 e. The highest BCUT2D eigenvalue weighted by atomic mass is 16.6. The van der Waals surface area contributed by atoms with Crippen LogP contribution in [0.3, 0.4) is 0 Å². The average molecular weight is 239 g/mol. The number of carbonyl (C=O) groups is 1. The monoisotopic (exact) mass is 239 g/mol. The normalized spacial score (nSPS) is 11.9. The van der Waals surface area contributed by atoms with E-state index in [9.17, 15) is 14.9 Å². The summed E-state index contributed by atoms with van der Waals surface area (Å²) in [5.74, 6) is -1.90. The zero-order valence-electron chi connectivity index (χ0n) is 9.54. The Morgan fingerprint density at radius 3 is 2.65 bits per heavy atom. The molecule has 1 aromatic carbocycles. The molecule has 0 aromatic heterocycles. The van der Waals surface area contributed by atoms with Crippen molar-refractivity contribution in [2.24, 2.45) is 0 Å². The van der Waals surface area contributed by atoms with E-state index in [1.165, 1.54) is 19.2 Å². The van der Waals surface area contributed by atoms with Crippen LogP contribution in [-0.2, 0) is 4.79 Å². The topological polar surface area (TPSA) is 89.7 Å². The lowest BCUT2D eigenvalue weighted by atomic mass is 9.94. The van der Waals surface area contributed by atoms with Gasteiger partial charge in [0.2, 0.25) is 0 Å². The molecule has 1 aromatic rings. The minimum atomic E-state index is -1.08. The zero-order chi connectivity index (χ0) is 13.0. The molecule has 0 amide bonds. The molecule has 0 fully saturated rings. The van der Waals surface area contributed by atoms with Gasteiger partial charge in [-0.25, -0.2) is 0 Å². The van der Waals surface area contributed by atoms with Gasteiger partial charge in [-0.1, -0.05) is 19.1 Å².